The SMILES string of the molecule is COc1ccc2ccccc2c1CN1C(=O)[C@@H](NC(=O)[C@H](C)N(C)C(=O)O)CN(C(=O)c2ccc(N)cc2)c2ccccc21. The third-order valence-corrected chi connectivity index (χ3v) is 7.91. The Morgan fingerprint density at radius 2 is 1.66 bits per heavy atom. The van der Waals surface area contributed by atoms with Gasteiger partial charge in [0, 0.05) is 23.9 Å². The normalized spacial score (nSPS) is 15.2. The van der Waals surface area contributed by atoms with Gasteiger partial charge in [0.25, 0.3) is 11.8 Å². The van der Waals surface area contributed by atoms with Crippen LogP contribution in [0.25, 0.3) is 10.8 Å². The number of nitrogen functional groups attached to an aromatic ring is 1. The van der Waals surface area contributed by atoms with Crippen molar-refractivity contribution in [2.75, 3.05) is 36.2 Å². The van der Waals surface area contributed by atoms with Gasteiger partial charge < -0.3 is 30.7 Å². The third-order valence-electron chi connectivity index (χ3n) is 7.91. The maximum atomic E-state index is 14.4. The maximum absolute atomic E-state index is 14.4. The molecule has 0 aromatic heterocycles. The summed E-state index contributed by atoms with van der Waals surface area (Å²) in [5.74, 6) is -0.976. The molecular weight excluding hydrogens is 562 g/mol. The smallest absolute Gasteiger partial charge is 0.407 e. The maximum Gasteiger partial charge on any atom is 0.407 e. The first-order valence-electron chi connectivity index (χ1n) is 14.0. The summed E-state index contributed by atoms with van der Waals surface area (Å²) in [6, 6.07) is 22.7. The van der Waals surface area contributed by atoms with E-state index in [1.807, 2.05) is 36.4 Å². The van der Waals surface area contributed by atoms with Crippen LogP contribution in [0.15, 0.2) is 84.9 Å². The molecule has 1 aliphatic rings. The fourth-order valence-electron chi connectivity index (χ4n) is 5.29. The molecule has 11 nitrogen and oxygen atoms in total. The number of carboxylic acid groups (broad SMARTS) is 1. The molecule has 4 aromatic rings. The van der Waals surface area contributed by atoms with Crippen molar-refractivity contribution in [3.8, 4) is 5.75 Å². The number of likely N-dealkylation sites (N-methyl/N-ethyl adjacent to an activating group) is 1. The average molecular weight is 596 g/mol. The van der Waals surface area contributed by atoms with Gasteiger partial charge in [0.2, 0.25) is 5.91 Å². The molecule has 226 valence electrons. The standard InChI is InChI=1S/C33H33N5O6/c1-20(36(2)33(42)43)30(39)35-26-19-38(31(40)22-12-15-23(34)16-13-22)28-11-7-6-10-27(28)37(32(26)41)18-25-24-9-5-4-8-21(24)14-17-29(25)44-3/h4-17,20,26H,18-19,34H2,1-3H3,(H,35,39)(H,42,43)/t20-,26-/m0/s1. The van der Waals surface area contributed by atoms with Crippen LogP contribution in [0.2, 0.25) is 0 Å². The van der Waals surface area contributed by atoms with E-state index in [2.05, 4.69) is 5.32 Å². The Kier molecular flexibility index (Phi) is 8.38. The summed E-state index contributed by atoms with van der Waals surface area (Å²) in [7, 11) is 2.83. The number of benzene rings is 4. The second-order valence-electron chi connectivity index (χ2n) is 10.5. The van der Waals surface area contributed by atoms with E-state index in [1.54, 1.807) is 55.6 Å². The molecule has 1 heterocycles. The van der Waals surface area contributed by atoms with Crippen LogP contribution in [0.1, 0.15) is 22.8 Å². The highest BCUT2D eigenvalue weighted by molar-refractivity contribution is 6.13. The quantitative estimate of drug-likeness (QED) is 0.273. The van der Waals surface area contributed by atoms with Crippen molar-refractivity contribution in [1.82, 2.24) is 10.2 Å². The lowest BCUT2D eigenvalue weighted by Crippen LogP contribution is -2.56. The lowest BCUT2D eigenvalue weighted by atomic mass is 10.0. The molecule has 44 heavy (non-hydrogen) atoms. The van der Waals surface area contributed by atoms with Crippen LogP contribution in [-0.2, 0) is 16.1 Å². The summed E-state index contributed by atoms with van der Waals surface area (Å²) in [6.45, 7) is 1.30. The number of anilines is 3. The Labute approximate surface area is 254 Å². The molecule has 0 radical (unpaired) electrons. The zero-order valence-electron chi connectivity index (χ0n) is 24.6. The van der Waals surface area contributed by atoms with Gasteiger partial charge in [0.1, 0.15) is 17.8 Å². The summed E-state index contributed by atoms with van der Waals surface area (Å²) in [5.41, 5.74) is 8.36. The van der Waals surface area contributed by atoms with Crippen molar-refractivity contribution in [3.63, 3.8) is 0 Å². The van der Waals surface area contributed by atoms with Gasteiger partial charge in [-0.15, -0.1) is 0 Å². The highest BCUT2D eigenvalue weighted by atomic mass is 16.5. The molecular formula is C33H33N5O6. The van der Waals surface area contributed by atoms with Gasteiger partial charge in [0.05, 0.1) is 31.6 Å². The first-order valence-corrected chi connectivity index (χ1v) is 14.0. The fraction of sp³-hybridized carbons (Fsp3) is 0.212. The Balaban J connectivity index is 1.63. The second-order valence-corrected chi connectivity index (χ2v) is 10.5. The summed E-state index contributed by atoms with van der Waals surface area (Å²) in [5, 5.41) is 14.0. The topological polar surface area (TPSA) is 146 Å². The van der Waals surface area contributed by atoms with Gasteiger partial charge in [-0.2, -0.15) is 0 Å². The molecule has 4 N–H and O–H groups in total. The van der Waals surface area contributed by atoms with Gasteiger partial charge >= 0.3 is 6.09 Å². The van der Waals surface area contributed by atoms with Crippen molar-refractivity contribution >= 4 is 51.6 Å². The van der Waals surface area contributed by atoms with Crippen LogP contribution in [0.5, 0.6) is 5.75 Å². The van der Waals surface area contributed by atoms with E-state index in [0.29, 0.717) is 28.4 Å². The second kappa shape index (κ2) is 12.3. The monoisotopic (exact) mass is 595 g/mol. The number of nitrogens with two attached hydrogens (primary N) is 1. The lowest BCUT2D eigenvalue weighted by molar-refractivity contribution is -0.129. The Morgan fingerprint density at radius 3 is 2.34 bits per heavy atom. The highest BCUT2D eigenvalue weighted by Gasteiger charge is 2.38. The van der Waals surface area contributed by atoms with Crippen molar-refractivity contribution < 1.29 is 29.0 Å². The van der Waals surface area contributed by atoms with E-state index < -0.39 is 35.9 Å². The summed E-state index contributed by atoms with van der Waals surface area (Å²) >= 11 is 0. The van der Waals surface area contributed by atoms with Gasteiger partial charge in [-0.25, -0.2) is 4.79 Å². The minimum absolute atomic E-state index is 0.0707. The molecule has 2 atom stereocenters. The average Bonchev–Trinajstić information content (AvgIpc) is 3.14. The molecule has 0 unspecified atom stereocenters. The fourth-order valence-corrected chi connectivity index (χ4v) is 5.29. The zero-order valence-corrected chi connectivity index (χ0v) is 24.6. The molecule has 0 fully saturated rings. The minimum Gasteiger partial charge on any atom is -0.496 e. The molecule has 11 heteroatoms. The van der Waals surface area contributed by atoms with E-state index in [0.717, 1.165) is 21.2 Å². The molecule has 5 rings (SSSR count). The van der Waals surface area contributed by atoms with Crippen LogP contribution in [0.3, 0.4) is 0 Å². The molecule has 4 aromatic carbocycles. The number of hydrogen-bond donors (Lipinski definition) is 3. The number of fused-ring (bicyclic) bond motifs is 2. The van der Waals surface area contributed by atoms with Crippen molar-refractivity contribution in [3.05, 3.63) is 96.1 Å². The number of amides is 4. The van der Waals surface area contributed by atoms with Gasteiger partial charge in [-0.05, 0) is 60.2 Å². The molecule has 0 saturated carbocycles. The predicted octanol–water partition coefficient (Wildman–Crippen LogP) is 4.11. The number of hydrogen-bond acceptors (Lipinski definition) is 6. The molecule has 4 amide bonds. The number of nitrogens with zero attached hydrogens (tertiary/aromatic N) is 3. The van der Waals surface area contributed by atoms with Crippen molar-refractivity contribution in [2.45, 2.75) is 25.6 Å². The van der Waals surface area contributed by atoms with E-state index in [9.17, 15) is 24.3 Å². The molecule has 0 aliphatic carbocycles. The van der Waals surface area contributed by atoms with E-state index in [4.69, 9.17) is 10.5 Å². The Hall–Kier alpha value is -5.58. The number of methoxy groups -OCH3 is 1. The minimum atomic E-state index is -1.29. The molecule has 0 spiro atoms. The Bertz CT molecular complexity index is 1740. The number of carbonyl (C=O) groups excluding carboxylic acids is 3. The number of para-hydroxylation sites is 2. The number of carbonyl (C=O) groups is 4. The molecule has 1 aliphatic heterocycles. The predicted molar refractivity (Wildman–Crippen MR) is 168 cm³/mol. The van der Waals surface area contributed by atoms with Crippen LogP contribution < -0.4 is 25.6 Å². The largest absolute Gasteiger partial charge is 0.496 e. The van der Waals surface area contributed by atoms with Gasteiger partial charge in [-0.1, -0.05) is 42.5 Å². The van der Waals surface area contributed by atoms with Crippen molar-refractivity contribution in [1.29, 1.82) is 0 Å². The summed E-state index contributed by atoms with van der Waals surface area (Å²) in [4.78, 5) is 57.1. The van der Waals surface area contributed by atoms with Crippen LogP contribution in [0, 0.1) is 0 Å². The van der Waals surface area contributed by atoms with E-state index in [-0.39, 0.29) is 13.1 Å². The first-order chi connectivity index (χ1) is 21.1. The zero-order chi connectivity index (χ0) is 31.5. The van der Waals surface area contributed by atoms with Gasteiger partial charge in [-0.3, -0.25) is 19.3 Å². The third kappa shape index (κ3) is 5.71. The van der Waals surface area contributed by atoms with Crippen molar-refractivity contribution in [2.24, 2.45) is 0 Å². The molecule has 0 bridgehead atoms. The number of ether oxygens (including phenoxy) is 1. The first kappa shape index (κ1) is 29.9. The number of nitrogens with one attached hydrogen (secondary N) is 1. The lowest BCUT2D eigenvalue weighted by Gasteiger charge is -2.28. The highest BCUT2D eigenvalue weighted by Crippen LogP contribution is 2.37. The number of rotatable bonds is 7. The molecule has 0 saturated heterocycles. The Morgan fingerprint density at radius 1 is 1.00 bits per heavy atom. The van der Waals surface area contributed by atoms with E-state index in [1.165, 1.54) is 23.8 Å². The van der Waals surface area contributed by atoms with Crippen LogP contribution >= 0.6 is 0 Å². The van der Waals surface area contributed by atoms with Gasteiger partial charge in [0.15, 0.2) is 0 Å². The van der Waals surface area contributed by atoms with Crippen LogP contribution in [0.4, 0.5) is 21.9 Å². The summed E-state index contributed by atoms with van der Waals surface area (Å²) < 4.78 is 5.70. The summed E-state index contributed by atoms with van der Waals surface area (Å²) in [6.07, 6.45) is -1.29. The van der Waals surface area contributed by atoms with E-state index >= 15 is 0 Å². The van der Waals surface area contributed by atoms with Crippen LogP contribution in [-0.4, -0.2) is 66.6 Å².